The molecule has 3 aliphatic heterocycles. The predicted octanol–water partition coefficient (Wildman–Crippen LogP) is 2.56. The van der Waals surface area contributed by atoms with Crippen LogP contribution in [0.4, 0.5) is 8.78 Å². The van der Waals surface area contributed by atoms with E-state index in [1.54, 1.807) is 17.0 Å². The molecule has 5 rings (SSSR count). The number of likely N-dealkylation sites (tertiary alicyclic amines) is 1. The number of nitrogens with zero attached hydrogens (tertiary/aromatic N) is 2. The lowest BCUT2D eigenvalue weighted by Gasteiger charge is -2.45. The number of hydrogen-bond acceptors (Lipinski definition) is 4. The van der Waals surface area contributed by atoms with Crippen molar-refractivity contribution in [3.8, 4) is 5.75 Å². The Kier molecular flexibility index (Phi) is 4.92. The lowest BCUT2D eigenvalue weighted by molar-refractivity contribution is -0.132. The average Bonchev–Trinajstić information content (AvgIpc) is 3.02. The monoisotopic (exact) mass is 419 g/mol. The quantitative estimate of drug-likeness (QED) is 0.815. The molecule has 1 aromatic carbocycles. The fourth-order valence-electron chi connectivity index (χ4n) is 5.17. The third-order valence-electron chi connectivity index (χ3n) is 6.84. The second-order valence-electron chi connectivity index (χ2n) is 9.00. The summed E-state index contributed by atoms with van der Waals surface area (Å²) < 4.78 is 32.6. The molecule has 0 aromatic heterocycles. The van der Waals surface area contributed by atoms with Gasteiger partial charge in [-0.3, -0.25) is 14.5 Å². The Hall–Kier alpha value is -2.22. The molecule has 2 atom stereocenters. The SMILES string of the molecule is O=C1NCCCC1N1Cc2cc(OC3CCCN(C4CC(F)(F)C4)C3)ccc2C1=O. The molecule has 1 N–H and O–H groups in total. The van der Waals surface area contributed by atoms with Gasteiger partial charge >= 0.3 is 0 Å². The van der Waals surface area contributed by atoms with E-state index in [1.165, 1.54) is 0 Å². The van der Waals surface area contributed by atoms with Crippen LogP contribution in [0.25, 0.3) is 0 Å². The largest absolute Gasteiger partial charge is 0.489 e. The van der Waals surface area contributed by atoms with Crippen LogP contribution in [0.2, 0.25) is 0 Å². The standard InChI is InChI=1S/C22H27F2N3O3/c23-22(24)10-15(11-22)26-8-2-3-17(13-26)30-16-5-6-18-14(9-16)12-27(21(18)29)19-4-1-7-25-20(19)28/h5-6,9,15,17,19H,1-4,7-8,10-13H2,(H,25,28). The van der Waals surface area contributed by atoms with Gasteiger partial charge in [0.1, 0.15) is 17.9 Å². The number of benzene rings is 1. The van der Waals surface area contributed by atoms with Gasteiger partial charge in [-0.1, -0.05) is 0 Å². The first-order valence-electron chi connectivity index (χ1n) is 10.9. The number of carbonyl (C=O) groups excluding carboxylic acids is 2. The van der Waals surface area contributed by atoms with E-state index in [9.17, 15) is 18.4 Å². The van der Waals surface area contributed by atoms with Crippen LogP contribution in [-0.4, -0.2) is 65.4 Å². The normalized spacial score (nSPS) is 29.3. The molecule has 3 heterocycles. The fraction of sp³-hybridized carbons (Fsp3) is 0.636. The predicted molar refractivity (Wildman–Crippen MR) is 106 cm³/mol. The number of rotatable bonds is 4. The van der Waals surface area contributed by atoms with Crippen LogP contribution in [0.1, 0.15) is 54.4 Å². The van der Waals surface area contributed by atoms with Crippen LogP contribution in [-0.2, 0) is 11.3 Å². The van der Waals surface area contributed by atoms with E-state index in [1.807, 2.05) is 6.07 Å². The molecule has 6 nitrogen and oxygen atoms in total. The highest BCUT2D eigenvalue weighted by Gasteiger charge is 2.48. The number of piperidine rings is 2. The van der Waals surface area contributed by atoms with Crippen molar-refractivity contribution in [1.82, 2.24) is 15.1 Å². The first kappa shape index (κ1) is 19.7. The highest BCUT2D eigenvalue weighted by atomic mass is 19.3. The molecule has 1 aromatic rings. The molecule has 3 fully saturated rings. The van der Waals surface area contributed by atoms with Gasteiger partial charge in [0.25, 0.3) is 11.8 Å². The minimum absolute atomic E-state index is 0.0386. The van der Waals surface area contributed by atoms with Gasteiger partial charge in [-0.2, -0.15) is 0 Å². The van der Waals surface area contributed by atoms with Crippen molar-refractivity contribution < 1.29 is 23.1 Å². The Bertz CT molecular complexity index is 854. The number of fused-ring (bicyclic) bond motifs is 1. The van der Waals surface area contributed by atoms with Crippen LogP contribution in [0.3, 0.4) is 0 Å². The lowest BCUT2D eigenvalue weighted by atomic mass is 9.85. The highest BCUT2D eigenvalue weighted by molar-refractivity contribution is 6.01. The summed E-state index contributed by atoms with van der Waals surface area (Å²) in [4.78, 5) is 28.8. The van der Waals surface area contributed by atoms with Crippen molar-refractivity contribution in [2.24, 2.45) is 0 Å². The summed E-state index contributed by atoms with van der Waals surface area (Å²) >= 11 is 0. The van der Waals surface area contributed by atoms with E-state index >= 15 is 0 Å². The summed E-state index contributed by atoms with van der Waals surface area (Å²) in [5.41, 5.74) is 1.50. The van der Waals surface area contributed by atoms with E-state index in [4.69, 9.17) is 4.74 Å². The van der Waals surface area contributed by atoms with Gasteiger partial charge < -0.3 is 15.0 Å². The summed E-state index contributed by atoms with van der Waals surface area (Å²) in [7, 11) is 0. The number of amides is 2. The molecular formula is C22H27F2N3O3. The van der Waals surface area contributed by atoms with Crippen molar-refractivity contribution in [3.63, 3.8) is 0 Å². The van der Waals surface area contributed by atoms with Crippen molar-refractivity contribution in [3.05, 3.63) is 29.3 Å². The number of nitrogens with one attached hydrogen (secondary N) is 1. The van der Waals surface area contributed by atoms with Gasteiger partial charge in [-0.25, -0.2) is 8.78 Å². The maximum atomic E-state index is 13.2. The Balaban J connectivity index is 1.23. The maximum absolute atomic E-state index is 13.2. The Morgan fingerprint density at radius 2 is 1.97 bits per heavy atom. The minimum Gasteiger partial charge on any atom is -0.489 e. The van der Waals surface area contributed by atoms with E-state index < -0.39 is 12.0 Å². The summed E-state index contributed by atoms with van der Waals surface area (Å²) in [6.07, 6.45) is 3.24. The second-order valence-corrected chi connectivity index (χ2v) is 9.00. The first-order chi connectivity index (χ1) is 14.4. The first-order valence-corrected chi connectivity index (χ1v) is 10.9. The third kappa shape index (κ3) is 3.66. The Labute approximate surface area is 174 Å². The summed E-state index contributed by atoms with van der Waals surface area (Å²) in [5, 5.41) is 2.84. The zero-order valence-electron chi connectivity index (χ0n) is 16.9. The number of alkyl halides is 2. The molecule has 1 saturated carbocycles. The molecule has 1 aliphatic carbocycles. The summed E-state index contributed by atoms with van der Waals surface area (Å²) in [5.74, 6) is -2.00. The Morgan fingerprint density at radius 3 is 2.73 bits per heavy atom. The van der Waals surface area contributed by atoms with Gasteiger partial charge in [0, 0.05) is 44.1 Å². The van der Waals surface area contributed by atoms with Crippen molar-refractivity contribution in [2.45, 2.75) is 69.2 Å². The number of hydrogen-bond donors (Lipinski definition) is 1. The van der Waals surface area contributed by atoms with E-state index in [2.05, 4.69) is 10.2 Å². The van der Waals surface area contributed by atoms with Crippen molar-refractivity contribution >= 4 is 11.8 Å². The minimum atomic E-state index is -2.51. The average molecular weight is 419 g/mol. The highest BCUT2D eigenvalue weighted by Crippen LogP contribution is 2.41. The van der Waals surface area contributed by atoms with Crippen molar-refractivity contribution in [1.29, 1.82) is 0 Å². The smallest absolute Gasteiger partial charge is 0.255 e. The molecule has 2 amide bonds. The van der Waals surface area contributed by atoms with Gasteiger partial charge in [0.15, 0.2) is 0 Å². The van der Waals surface area contributed by atoms with E-state index in [-0.39, 0.29) is 36.8 Å². The topological polar surface area (TPSA) is 61.9 Å². The molecule has 2 saturated heterocycles. The van der Waals surface area contributed by atoms with Gasteiger partial charge in [-0.15, -0.1) is 0 Å². The van der Waals surface area contributed by atoms with Crippen LogP contribution in [0.15, 0.2) is 18.2 Å². The maximum Gasteiger partial charge on any atom is 0.255 e. The molecule has 0 spiro atoms. The summed E-state index contributed by atoms with van der Waals surface area (Å²) in [6, 6.07) is 5.03. The molecule has 30 heavy (non-hydrogen) atoms. The Morgan fingerprint density at radius 1 is 1.13 bits per heavy atom. The van der Waals surface area contributed by atoms with Crippen LogP contribution >= 0.6 is 0 Å². The molecule has 0 bridgehead atoms. The zero-order chi connectivity index (χ0) is 20.9. The molecular weight excluding hydrogens is 392 g/mol. The summed E-state index contributed by atoms with van der Waals surface area (Å²) in [6.45, 7) is 2.58. The second kappa shape index (κ2) is 7.48. The van der Waals surface area contributed by atoms with E-state index in [0.29, 0.717) is 37.4 Å². The van der Waals surface area contributed by atoms with Gasteiger partial charge in [0.05, 0.1) is 0 Å². The zero-order valence-corrected chi connectivity index (χ0v) is 16.9. The van der Waals surface area contributed by atoms with Crippen LogP contribution in [0, 0.1) is 0 Å². The fourth-order valence-corrected chi connectivity index (χ4v) is 5.17. The van der Waals surface area contributed by atoms with Crippen LogP contribution in [0.5, 0.6) is 5.75 Å². The number of ether oxygens (including phenoxy) is 1. The van der Waals surface area contributed by atoms with Gasteiger partial charge in [-0.05, 0) is 56.0 Å². The molecule has 0 radical (unpaired) electrons. The molecule has 162 valence electrons. The number of carbonyl (C=O) groups is 2. The molecule has 4 aliphatic rings. The molecule has 8 heteroatoms. The van der Waals surface area contributed by atoms with Crippen molar-refractivity contribution in [2.75, 3.05) is 19.6 Å². The molecule has 2 unspecified atom stereocenters. The van der Waals surface area contributed by atoms with Crippen LogP contribution < -0.4 is 10.1 Å². The van der Waals surface area contributed by atoms with Gasteiger partial charge in [0.2, 0.25) is 5.91 Å². The van der Waals surface area contributed by atoms with E-state index in [0.717, 1.165) is 31.4 Å². The number of halogens is 2. The third-order valence-corrected chi connectivity index (χ3v) is 6.84. The lowest BCUT2D eigenvalue weighted by Crippen LogP contribution is -2.55.